The first-order valence-corrected chi connectivity index (χ1v) is 9.33. The maximum absolute atomic E-state index is 14.1. The van der Waals surface area contributed by atoms with Gasteiger partial charge in [0.15, 0.2) is 0 Å². The lowest BCUT2D eigenvalue weighted by Gasteiger charge is -2.08. The summed E-state index contributed by atoms with van der Waals surface area (Å²) in [5.74, 6) is -0.730. The molecule has 2 heterocycles. The van der Waals surface area contributed by atoms with Gasteiger partial charge < -0.3 is 5.32 Å². The predicted octanol–water partition coefficient (Wildman–Crippen LogP) is 3.95. The van der Waals surface area contributed by atoms with E-state index in [4.69, 9.17) is 0 Å². The highest BCUT2D eigenvalue weighted by Gasteiger charge is 2.15. The fourth-order valence-electron chi connectivity index (χ4n) is 2.96. The highest BCUT2D eigenvalue weighted by atomic mass is 32.1. The van der Waals surface area contributed by atoms with Crippen LogP contribution >= 0.6 is 11.3 Å². The smallest absolute Gasteiger partial charge is 0.271 e. The Labute approximate surface area is 158 Å². The lowest BCUT2D eigenvalue weighted by Crippen LogP contribution is -2.27. The molecular weight excluding hydrogens is 365 g/mol. The van der Waals surface area contributed by atoms with Crippen LogP contribution in [0.25, 0.3) is 20.3 Å². The number of aromatic nitrogens is 2. The van der Waals surface area contributed by atoms with E-state index in [1.54, 1.807) is 12.1 Å². The average Bonchev–Trinajstić information content (AvgIpc) is 3.05. The second kappa shape index (κ2) is 6.92. The van der Waals surface area contributed by atoms with Crippen LogP contribution in [0, 0.1) is 5.82 Å². The van der Waals surface area contributed by atoms with Gasteiger partial charge in [-0.3, -0.25) is 14.2 Å². The van der Waals surface area contributed by atoms with Gasteiger partial charge >= 0.3 is 0 Å². The summed E-state index contributed by atoms with van der Waals surface area (Å²) >= 11 is 1.18. The number of anilines is 1. The third-order valence-electron chi connectivity index (χ3n) is 4.38. The first-order valence-electron chi connectivity index (χ1n) is 8.51. The number of nitrogens with zero attached hydrogens (tertiary/aromatic N) is 2. The lowest BCUT2D eigenvalue weighted by molar-refractivity contribution is -0.116. The predicted molar refractivity (Wildman–Crippen MR) is 106 cm³/mol. The van der Waals surface area contributed by atoms with Crippen molar-refractivity contribution in [3.05, 3.63) is 70.5 Å². The van der Waals surface area contributed by atoms with E-state index in [0.717, 1.165) is 6.42 Å². The molecule has 0 unspecified atom stereocenters. The van der Waals surface area contributed by atoms with E-state index in [1.807, 2.05) is 24.3 Å². The molecule has 27 heavy (non-hydrogen) atoms. The Hall–Kier alpha value is -3.06. The van der Waals surface area contributed by atoms with Crippen molar-refractivity contribution in [2.75, 3.05) is 5.32 Å². The number of fused-ring (bicyclic) bond motifs is 3. The molecule has 0 aliphatic carbocycles. The summed E-state index contributed by atoms with van der Waals surface area (Å²) in [6, 6.07) is 12.2. The maximum atomic E-state index is 14.1. The molecule has 5 nitrogen and oxygen atoms in total. The van der Waals surface area contributed by atoms with Gasteiger partial charge in [0, 0.05) is 10.4 Å². The van der Waals surface area contributed by atoms with Gasteiger partial charge in [-0.15, -0.1) is 11.3 Å². The van der Waals surface area contributed by atoms with Crippen LogP contribution in [0.3, 0.4) is 0 Å². The van der Waals surface area contributed by atoms with Crippen molar-refractivity contribution < 1.29 is 9.18 Å². The van der Waals surface area contributed by atoms with Crippen molar-refractivity contribution in [3.8, 4) is 0 Å². The number of carbonyl (C=O) groups excluding carboxylic acids is 1. The van der Waals surface area contributed by atoms with Gasteiger partial charge in [0.2, 0.25) is 5.91 Å². The zero-order valence-corrected chi connectivity index (χ0v) is 15.3. The molecule has 0 atom stereocenters. The second-order valence-electron chi connectivity index (χ2n) is 6.17. The zero-order valence-electron chi connectivity index (χ0n) is 14.5. The van der Waals surface area contributed by atoms with Gasteiger partial charge in [0.1, 0.15) is 17.1 Å². The number of hydrogen-bond acceptors (Lipinski definition) is 4. The molecule has 0 bridgehead atoms. The van der Waals surface area contributed by atoms with Crippen molar-refractivity contribution in [3.63, 3.8) is 0 Å². The molecule has 2 aromatic heterocycles. The average molecular weight is 381 g/mol. The first kappa shape index (κ1) is 17.4. The Bertz CT molecular complexity index is 1210. The third-order valence-corrected chi connectivity index (χ3v) is 5.51. The summed E-state index contributed by atoms with van der Waals surface area (Å²) < 4.78 is 16.3. The normalized spacial score (nSPS) is 11.2. The molecule has 2 aromatic carbocycles. The van der Waals surface area contributed by atoms with Gasteiger partial charge in [0.05, 0.1) is 17.2 Å². The van der Waals surface area contributed by atoms with Gasteiger partial charge in [0.25, 0.3) is 5.56 Å². The van der Waals surface area contributed by atoms with Crippen molar-refractivity contribution in [1.82, 2.24) is 9.55 Å². The van der Waals surface area contributed by atoms with E-state index in [2.05, 4.69) is 17.2 Å². The van der Waals surface area contributed by atoms with Crippen molar-refractivity contribution in [2.24, 2.45) is 0 Å². The molecule has 0 saturated heterocycles. The second-order valence-corrected chi connectivity index (χ2v) is 7.22. The highest BCUT2D eigenvalue weighted by Crippen LogP contribution is 2.31. The number of thiophene rings is 1. The van der Waals surface area contributed by atoms with Crippen molar-refractivity contribution in [2.45, 2.75) is 19.9 Å². The van der Waals surface area contributed by atoms with Crippen LogP contribution in [0.2, 0.25) is 0 Å². The molecule has 136 valence electrons. The number of rotatable bonds is 4. The number of carbonyl (C=O) groups is 1. The molecule has 0 radical (unpaired) electrons. The summed E-state index contributed by atoms with van der Waals surface area (Å²) in [5.41, 5.74) is 1.83. The molecule has 0 spiro atoms. The Balaban J connectivity index is 1.62. The van der Waals surface area contributed by atoms with Gasteiger partial charge in [-0.1, -0.05) is 25.1 Å². The molecule has 7 heteroatoms. The summed E-state index contributed by atoms with van der Waals surface area (Å²) in [6.07, 6.45) is 2.22. The molecule has 1 amide bonds. The Kier molecular flexibility index (Phi) is 4.45. The van der Waals surface area contributed by atoms with Crippen LogP contribution in [0.4, 0.5) is 10.1 Å². The topological polar surface area (TPSA) is 64.0 Å². The van der Waals surface area contributed by atoms with Crippen LogP contribution in [-0.2, 0) is 17.8 Å². The lowest BCUT2D eigenvalue weighted by atomic mass is 10.1. The van der Waals surface area contributed by atoms with E-state index in [1.165, 1.54) is 33.9 Å². The van der Waals surface area contributed by atoms with E-state index in [0.29, 0.717) is 26.0 Å². The summed E-state index contributed by atoms with van der Waals surface area (Å²) in [7, 11) is 0. The Morgan fingerprint density at radius 3 is 2.74 bits per heavy atom. The SMILES string of the molecule is CCc1ccc(NC(=O)Cn2cnc3c(sc4cccc(F)c43)c2=O)cc1. The molecule has 4 rings (SSSR count). The zero-order chi connectivity index (χ0) is 19.0. The number of aryl methyl sites for hydroxylation is 1. The van der Waals surface area contributed by atoms with Crippen LogP contribution < -0.4 is 10.9 Å². The number of benzene rings is 2. The third kappa shape index (κ3) is 3.21. The standard InChI is InChI=1S/C20H16FN3O2S/c1-2-12-6-8-13(9-7-12)23-16(25)10-24-11-22-18-17-14(21)4-3-5-15(17)27-19(18)20(24)26/h3-9,11H,2,10H2,1H3,(H,23,25). The Morgan fingerprint density at radius 1 is 1.22 bits per heavy atom. The fraction of sp³-hybridized carbons (Fsp3) is 0.150. The van der Waals surface area contributed by atoms with Crippen molar-refractivity contribution in [1.29, 1.82) is 0 Å². The minimum absolute atomic E-state index is 0.159. The molecule has 0 fully saturated rings. The minimum atomic E-state index is -0.406. The van der Waals surface area contributed by atoms with Crippen LogP contribution in [-0.4, -0.2) is 15.5 Å². The number of amides is 1. The monoisotopic (exact) mass is 381 g/mol. The number of halogens is 1. The van der Waals surface area contributed by atoms with Crippen LogP contribution in [0.1, 0.15) is 12.5 Å². The minimum Gasteiger partial charge on any atom is -0.325 e. The molecule has 0 aliphatic rings. The van der Waals surface area contributed by atoms with E-state index < -0.39 is 5.82 Å². The Morgan fingerprint density at radius 2 is 2.00 bits per heavy atom. The molecule has 0 saturated carbocycles. The quantitative estimate of drug-likeness (QED) is 0.582. The van der Waals surface area contributed by atoms with Crippen molar-refractivity contribution >= 4 is 43.2 Å². The molecule has 1 N–H and O–H groups in total. The van der Waals surface area contributed by atoms with E-state index in [-0.39, 0.29) is 18.0 Å². The summed E-state index contributed by atoms with van der Waals surface area (Å²) in [6.45, 7) is 1.90. The largest absolute Gasteiger partial charge is 0.325 e. The van der Waals surface area contributed by atoms with E-state index >= 15 is 0 Å². The maximum Gasteiger partial charge on any atom is 0.271 e. The molecule has 4 aromatic rings. The fourth-order valence-corrected chi connectivity index (χ4v) is 4.08. The van der Waals surface area contributed by atoms with Crippen LogP contribution in [0.5, 0.6) is 0 Å². The molecular formula is C20H16FN3O2S. The highest BCUT2D eigenvalue weighted by molar-refractivity contribution is 7.25. The molecule has 0 aliphatic heterocycles. The van der Waals surface area contributed by atoms with Gasteiger partial charge in [-0.2, -0.15) is 0 Å². The van der Waals surface area contributed by atoms with Gasteiger partial charge in [-0.05, 0) is 36.2 Å². The van der Waals surface area contributed by atoms with E-state index in [9.17, 15) is 14.0 Å². The summed E-state index contributed by atoms with van der Waals surface area (Å²) in [4.78, 5) is 29.2. The van der Waals surface area contributed by atoms with Crippen LogP contribution in [0.15, 0.2) is 53.6 Å². The summed E-state index contributed by atoms with van der Waals surface area (Å²) in [5, 5.41) is 3.12. The number of hydrogen-bond donors (Lipinski definition) is 1. The number of nitrogens with one attached hydrogen (secondary N) is 1. The first-order chi connectivity index (χ1) is 13.1. The van der Waals surface area contributed by atoms with Gasteiger partial charge in [-0.25, -0.2) is 9.37 Å².